The summed E-state index contributed by atoms with van der Waals surface area (Å²) in [5, 5.41) is 20.3. The fraction of sp³-hybridized carbons (Fsp3) is 0.364. The van der Waals surface area contributed by atoms with Crippen molar-refractivity contribution < 1.29 is 19.7 Å². The van der Waals surface area contributed by atoms with Crippen LogP contribution < -0.4 is 9.47 Å². The molecule has 26 heavy (non-hydrogen) atoms. The lowest BCUT2D eigenvalue weighted by Gasteiger charge is -2.28. The topological polar surface area (TPSA) is 58.9 Å². The van der Waals surface area contributed by atoms with Crippen LogP contribution in [0.4, 0.5) is 0 Å². The molecule has 1 unspecified atom stereocenters. The largest absolute Gasteiger partial charge is 0.496 e. The number of benzene rings is 2. The van der Waals surface area contributed by atoms with Crippen molar-refractivity contribution in [3.8, 4) is 11.5 Å². The van der Waals surface area contributed by atoms with E-state index in [-0.39, 0.29) is 12.2 Å². The second-order valence-electron chi connectivity index (χ2n) is 7.30. The van der Waals surface area contributed by atoms with Gasteiger partial charge in [-0.25, -0.2) is 0 Å². The van der Waals surface area contributed by atoms with Crippen molar-refractivity contribution >= 4 is 6.08 Å². The molecule has 0 fully saturated rings. The zero-order chi connectivity index (χ0) is 18.9. The van der Waals surface area contributed by atoms with E-state index >= 15 is 0 Å². The van der Waals surface area contributed by atoms with Crippen LogP contribution in [-0.4, -0.2) is 22.9 Å². The zero-order valence-electron chi connectivity index (χ0n) is 15.7. The third-order valence-electron chi connectivity index (χ3n) is 4.80. The Kier molecular flexibility index (Phi) is 5.08. The van der Waals surface area contributed by atoms with Gasteiger partial charge in [-0.05, 0) is 67.3 Å². The lowest BCUT2D eigenvalue weighted by Crippen LogP contribution is -2.27. The van der Waals surface area contributed by atoms with Crippen molar-refractivity contribution in [1.82, 2.24) is 0 Å². The van der Waals surface area contributed by atoms with Crippen molar-refractivity contribution in [2.45, 2.75) is 45.5 Å². The minimum atomic E-state index is -0.650. The van der Waals surface area contributed by atoms with Gasteiger partial charge in [0.15, 0.2) is 0 Å². The van der Waals surface area contributed by atoms with Crippen LogP contribution in [0.2, 0.25) is 0 Å². The summed E-state index contributed by atoms with van der Waals surface area (Å²) in [7, 11) is 1.61. The van der Waals surface area contributed by atoms with E-state index < -0.39 is 6.10 Å². The first kappa shape index (κ1) is 18.5. The quantitative estimate of drug-likeness (QED) is 0.853. The molecule has 4 heteroatoms. The molecule has 4 nitrogen and oxygen atoms in total. The Balaban J connectivity index is 1.84. The first-order valence-corrected chi connectivity index (χ1v) is 8.80. The molecule has 0 radical (unpaired) electrons. The summed E-state index contributed by atoms with van der Waals surface area (Å²) in [5.74, 6) is 1.55. The number of aliphatic hydroxyl groups excluding tert-OH is 2. The first-order valence-electron chi connectivity index (χ1n) is 8.80. The highest BCUT2D eigenvalue weighted by atomic mass is 16.5. The van der Waals surface area contributed by atoms with Gasteiger partial charge in [-0.15, -0.1) is 0 Å². The Labute approximate surface area is 154 Å². The summed E-state index contributed by atoms with van der Waals surface area (Å²) in [4.78, 5) is 0. The Hall–Kier alpha value is -2.30. The molecule has 0 aliphatic carbocycles. The molecule has 2 N–H and O–H groups in total. The monoisotopic (exact) mass is 354 g/mol. The Bertz CT molecular complexity index is 811. The average molecular weight is 354 g/mol. The number of fused-ring (bicyclic) bond motifs is 1. The van der Waals surface area contributed by atoms with Gasteiger partial charge in [0.2, 0.25) is 0 Å². The van der Waals surface area contributed by atoms with Gasteiger partial charge in [-0.1, -0.05) is 18.2 Å². The SMILES string of the molecule is COc1cc(CC(O)c2ccc3c(c2)C=CC(C)(C)O3)cc(CO)c1C. The molecule has 0 amide bonds. The van der Waals surface area contributed by atoms with E-state index in [0.29, 0.717) is 6.42 Å². The molecule has 0 spiro atoms. The number of hydrogen-bond acceptors (Lipinski definition) is 4. The molecule has 2 aromatic rings. The fourth-order valence-electron chi connectivity index (χ4n) is 3.25. The number of hydrogen-bond donors (Lipinski definition) is 2. The fourth-order valence-corrected chi connectivity index (χ4v) is 3.25. The molecule has 1 heterocycles. The molecule has 0 saturated heterocycles. The maximum Gasteiger partial charge on any atom is 0.127 e. The van der Waals surface area contributed by atoms with Crippen molar-refractivity contribution in [3.63, 3.8) is 0 Å². The molecular weight excluding hydrogens is 328 g/mol. The molecule has 1 aliphatic rings. The standard InChI is InChI=1S/C22H26O4/c1-14-18(13-23)9-15(11-21(14)25-4)10-19(24)16-5-6-20-17(12-16)7-8-22(2,3)26-20/h5-9,11-12,19,23-24H,10,13H2,1-4H3. The van der Waals surface area contributed by atoms with E-state index in [1.54, 1.807) is 7.11 Å². The highest BCUT2D eigenvalue weighted by Crippen LogP contribution is 2.34. The van der Waals surface area contributed by atoms with Crippen LogP contribution in [0.5, 0.6) is 11.5 Å². The third kappa shape index (κ3) is 3.76. The predicted molar refractivity (Wildman–Crippen MR) is 103 cm³/mol. The van der Waals surface area contributed by atoms with Crippen molar-refractivity contribution in [1.29, 1.82) is 0 Å². The van der Waals surface area contributed by atoms with Gasteiger partial charge in [-0.3, -0.25) is 0 Å². The molecule has 3 rings (SSSR count). The Morgan fingerprint density at radius 3 is 2.65 bits per heavy atom. The van der Waals surface area contributed by atoms with Gasteiger partial charge >= 0.3 is 0 Å². The normalized spacial score (nSPS) is 15.9. The summed E-state index contributed by atoms with van der Waals surface area (Å²) in [5.41, 5.74) is 4.16. The van der Waals surface area contributed by atoms with Crippen molar-refractivity contribution in [2.75, 3.05) is 7.11 Å². The van der Waals surface area contributed by atoms with Crippen LogP contribution in [0.1, 0.15) is 47.8 Å². The number of methoxy groups -OCH3 is 1. The average Bonchev–Trinajstić information content (AvgIpc) is 2.61. The Morgan fingerprint density at radius 2 is 1.96 bits per heavy atom. The number of rotatable bonds is 5. The van der Waals surface area contributed by atoms with Gasteiger partial charge < -0.3 is 19.7 Å². The molecule has 0 aromatic heterocycles. The lowest BCUT2D eigenvalue weighted by atomic mass is 9.95. The smallest absolute Gasteiger partial charge is 0.127 e. The van der Waals surface area contributed by atoms with Crippen LogP contribution >= 0.6 is 0 Å². The van der Waals surface area contributed by atoms with Gasteiger partial charge in [-0.2, -0.15) is 0 Å². The van der Waals surface area contributed by atoms with Gasteiger partial charge in [0.1, 0.15) is 17.1 Å². The predicted octanol–water partition coefficient (Wildman–Crippen LogP) is 3.96. The summed E-state index contributed by atoms with van der Waals surface area (Å²) in [6, 6.07) is 9.61. The van der Waals surface area contributed by atoms with Crippen molar-refractivity contribution in [3.05, 3.63) is 64.2 Å². The van der Waals surface area contributed by atoms with Gasteiger partial charge in [0.05, 0.1) is 19.8 Å². The number of aliphatic hydroxyl groups is 2. The van der Waals surface area contributed by atoms with Gasteiger partial charge in [0.25, 0.3) is 0 Å². The van der Waals surface area contributed by atoms with E-state index in [1.165, 1.54) is 0 Å². The molecule has 1 atom stereocenters. The summed E-state index contributed by atoms with van der Waals surface area (Å²) >= 11 is 0. The molecule has 1 aliphatic heterocycles. The highest BCUT2D eigenvalue weighted by Gasteiger charge is 2.22. The maximum absolute atomic E-state index is 10.7. The molecule has 2 aromatic carbocycles. The zero-order valence-corrected chi connectivity index (χ0v) is 15.7. The minimum Gasteiger partial charge on any atom is -0.496 e. The van der Waals surface area contributed by atoms with Crippen LogP contribution in [0, 0.1) is 6.92 Å². The van der Waals surface area contributed by atoms with E-state index in [2.05, 4.69) is 0 Å². The highest BCUT2D eigenvalue weighted by molar-refractivity contribution is 5.62. The minimum absolute atomic E-state index is 0.0527. The van der Waals surface area contributed by atoms with E-state index in [4.69, 9.17) is 9.47 Å². The van der Waals surface area contributed by atoms with E-state index in [9.17, 15) is 10.2 Å². The van der Waals surface area contributed by atoms with Crippen LogP contribution in [0.3, 0.4) is 0 Å². The second-order valence-corrected chi connectivity index (χ2v) is 7.30. The van der Waals surface area contributed by atoms with E-state index in [1.807, 2.05) is 63.3 Å². The van der Waals surface area contributed by atoms with E-state index in [0.717, 1.165) is 39.3 Å². The molecule has 0 saturated carbocycles. The molecule has 0 bridgehead atoms. The third-order valence-corrected chi connectivity index (χ3v) is 4.80. The lowest BCUT2D eigenvalue weighted by molar-refractivity contribution is 0.158. The van der Waals surface area contributed by atoms with Crippen LogP contribution in [0.15, 0.2) is 36.4 Å². The van der Waals surface area contributed by atoms with Gasteiger partial charge in [0, 0.05) is 12.0 Å². The van der Waals surface area contributed by atoms with Crippen LogP contribution in [-0.2, 0) is 13.0 Å². The summed E-state index contributed by atoms with van der Waals surface area (Å²) in [6.45, 7) is 5.89. The number of ether oxygens (including phenoxy) is 2. The molecular formula is C22H26O4. The first-order chi connectivity index (χ1) is 12.3. The molecule has 138 valence electrons. The Morgan fingerprint density at radius 1 is 1.19 bits per heavy atom. The van der Waals surface area contributed by atoms with Crippen LogP contribution in [0.25, 0.3) is 6.08 Å². The second kappa shape index (κ2) is 7.14. The summed E-state index contributed by atoms with van der Waals surface area (Å²) < 4.78 is 11.3. The van der Waals surface area contributed by atoms with Crippen molar-refractivity contribution in [2.24, 2.45) is 0 Å². The summed E-state index contributed by atoms with van der Waals surface area (Å²) in [6.07, 6.45) is 3.85. The maximum atomic E-state index is 10.7.